The Hall–Kier alpha value is -4.88. The third-order valence-electron chi connectivity index (χ3n) is 11.4. The summed E-state index contributed by atoms with van der Waals surface area (Å²) >= 11 is 0. The number of ketones is 1. The average molecular weight is 768 g/mol. The molecule has 1 unspecified atom stereocenters. The van der Waals surface area contributed by atoms with Crippen molar-refractivity contribution in [1.82, 2.24) is 25.2 Å². The lowest BCUT2D eigenvalue weighted by molar-refractivity contribution is 0.0731. The maximum Gasteiger partial charge on any atom is 0.414 e. The number of fused-ring (bicyclic) bond motifs is 1. The Morgan fingerprint density at radius 2 is 1.73 bits per heavy atom. The van der Waals surface area contributed by atoms with E-state index in [1.807, 2.05) is 43.9 Å². The van der Waals surface area contributed by atoms with Gasteiger partial charge in [-0.15, -0.1) is 0 Å². The number of Topliss-reactive ketones (excluding diaryl/α,β-unsaturated/α-hetero) is 1. The summed E-state index contributed by atoms with van der Waals surface area (Å²) in [5.41, 5.74) is 2.06. The number of aromatic nitrogens is 1. The van der Waals surface area contributed by atoms with E-state index in [2.05, 4.69) is 37.8 Å². The molecular formula is C43H57N7O6. The van der Waals surface area contributed by atoms with E-state index in [9.17, 15) is 14.4 Å². The number of furan rings is 1. The Morgan fingerprint density at radius 1 is 0.982 bits per heavy atom. The maximum atomic E-state index is 13.6. The number of rotatable bonds is 11. The second-order valence-corrected chi connectivity index (χ2v) is 16.6. The fourth-order valence-corrected chi connectivity index (χ4v) is 8.07. The van der Waals surface area contributed by atoms with Crippen LogP contribution in [-0.2, 0) is 10.2 Å². The number of nitrogens with zero attached hydrogens (tertiary/aromatic N) is 4. The number of piperidine rings is 2. The molecule has 300 valence electrons. The molecule has 7 rings (SSSR count). The Balaban J connectivity index is 0.978. The SMILES string of the molecule is CCC(CN1CCCC1)/C(=C\C=C1/CC=C(C(=O)c2cc3cc(NC(=O)Nc4cc(C(C)(C)C)on4)ccc3o2)N1)OC(=O)N1CCC(N2CCCCC2)CC1. The number of benzene rings is 1. The molecule has 4 aliphatic rings. The van der Waals surface area contributed by atoms with Gasteiger partial charge >= 0.3 is 12.1 Å². The fraction of sp³-hybridized carbons (Fsp3) is 0.535. The molecule has 3 fully saturated rings. The van der Waals surface area contributed by atoms with Crippen LogP contribution >= 0.6 is 0 Å². The third-order valence-corrected chi connectivity index (χ3v) is 11.4. The van der Waals surface area contributed by atoms with Crippen molar-refractivity contribution in [2.75, 3.05) is 56.4 Å². The summed E-state index contributed by atoms with van der Waals surface area (Å²) in [7, 11) is 0. The first-order valence-corrected chi connectivity index (χ1v) is 20.5. The van der Waals surface area contributed by atoms with Gasteiger partial charge in [0.25, 0.3) is 0 Å². The molecule has 0 aliphatic carbocycles. The van der Waals surface area contributed by atoms with Crippen molar-refractivity contribution >= 4 is 40.4 Å². The Kier molecular flexibility index (Phi) is 12.3. The fourth-order valence-electron chi connectivity index (χ4n) is 8.07. The molecule has 3 aromatic rings. The van der Waals surface area contributed by atoms with Crippen molar-refractivity contribution in [3.8, 4) is 0 Å². The van der Waals surface area contributed by atoms with Crippen molar-refractivity contribution in [1.29, 1.82) is 0 Å². The van der Waals surface area contributed by atoms with Gasteiger partial charge in [-0.05, 0) is 108 Å². The van der Waals surface area contributed by atoms with Crippen LogP contribution in [-0.4, -0.2) is 89.6 Å². The van der Waals surface area contributed by atoms with Gasteiger partial charge in [0.1, 0.15) is 17.1 Å². The lowest BCUT2D eigenvalue weighted by Gasteiger charge is -2.40. The van der Waals surface area contributed by atoms with Gasteiger partial charge in [0.15, 0.2) is 11.6 Å². The van der Waals surface area contributed by atoms with E-state index < -0.39 is 6.03 Å². The molecule has 2 aromatic heterocycles. The van der Waals surface area contributed by atoms with Crippen LogP contribution in [0.25, 0.3) is 11.0 Å². The van der Waals surface area contributed by atoms with Gasteiger partial charge in [0, 0.05) is 66.3 Å². The first kappa shape index (κ1) is 39.4. The maximum absolute atomic E-state index is 13.6. The van der Waals surface area contributed by atoms with Gasteiger partial charge in [0.2, 0.25) is 5.78 Å². The zero-order chi connectivity index (χ0) is 39.2. The van der Waals surface area contributed by atoms with E-state index in [0.717, 1.165) is 44.6 Å². The molecule has 13 heteroatoms. The van der Waals surface area contributed by atoms with Crippen molar-refractivity contribution in [3.63, 3.8) is 0 Å². The lowest BCUT2D eigenvalue weighted by Crippen LogP contribution is -2.48. The van der Waals surface area contributed by atoms with Crippen LogP contribution in [0.3, 0.4) is 0 Å². The number of amides is 3. The van der Waals surface area contributed by atoms with E-state index in [4.69, 9.17) is 13.7 Å². The predicted octanol–water partition coefficient (Wildman–Crippen LogP) is 8.40. The molecule has 1 aromatic carbocycles. The summed E-state index contributed by atoms with van der Waals surface area (Å²) in [4.78, 5) is 46.8. The highest BCUT2D eigenvalue weighted by molar-refractivity contribution is 6.09. The number of ether oxygens (including phenoxy) is 1. The Morgan fingerprint density at radius 3 is 2.45 bits per heavy atom. The molecule has 56 heavy (non-hydrogen) atoms. The second kappa shape index (κ2) is 17.5. The quantitative estimate of drug-likeness (QED) is 0.129. The van der Waals surface area contributed by atoms with Gasteiger partial charge in [0.05, 0.1) is 5.70 Å². The van der Waals surface area contributed by atoms with Crippen LogP contribution < -0.4 is 16.0 Å². The molecule has 0 spiro atoms. The second-order valence-electron chi connectivity index (χ2n) is 16.6. The minimum absolute atomic E-state index is 0.0694. The molecule has 1 atom stereocenters. The molecule has 13 nitrogen and oxygen atoms in total. The predicted molar refractivity (Wildman–Crippen MR) is 216 cm³/mol. The molecule has 3 N–H and O–H groups in total. The van der Waals surface area contributed by atoms with Crippen LogP contribution in [0.2, 0.25) is 0 Å². The zero-order valence-corrected chi connectivity index (χ0v) is 33.3. The average Bonchev–Trinajstić information content (AvgIpc) is 4.03. The highest BCUT2D eigenvalue weighted by atomic mass is 16.6. The van der Waals surface area contributed by atoms with Crippen molar-refractivity contribution in [3.05, 3.63) is 77.2 Å². The molecule has 4 aliphatic heterocycles. The van der Waals surface area contributed by atoms with E-state index in [1.54, 1.807) is 30.3 Å². The summed E-state index contributed by atoms with van der Waals surface area (Å²) in [5, 5.41) is 13.4. The molecule has 3 saturated heterocycles. The number of hydrogen-bond donors (Lipinski definition) is 3. The van der Waals surface area contributed by atoms with E-state index in [-0.39, 0.29) is 29.0 Å². The Labute approximate surface area is 329 Å². The highest BCUT2D eigenvalue weighted by Gasteiger charge is 2.31. The van der Waals surface area contributed by atoms with Gasteiger partial charge in [-0.3, -0.25) is 10.1 Å². The first-order chi connectivity index (χ1) is 27.0. The molecular weight excluding hydrogens is 711 g/mol. The third kappa shape index (κ3) is 9.73. The minimum atomic E-state index is -0.473. The largest absolute Gasteiger partial charge is 0.453 e. The van der Waals surface area contributed by atoms with Gasteiger partial charge in [-0.25, -0.2) is 9.59 Å². The first-order valence-electron chi connectivity index (χ1n) is 20.5. The summed E-state index contributed by atoms with van der Waals surface area (Å²) in [6.07, 6.45) is 15.0. The summed E-state index contributed by atoms with van der Waals surface area (Å²) in [6, 6.07) is 8.63. The van der Waals surface area contributed by atoms with E-state index >= 15 is 0 Å². The summed E-state index contributed by atoms with van der Waals surface area (Å²) in [5.74, 6) is 1.62. The van der Waals surface area contributed by atoms with Crippen LogP contribution in [0.1, 0.15) is 102 Å². The van der Waals surface area contributed by atoms with Gasteiger partial charge in [-0.2, -0.15) is 0 Å². The van der Waals surface area contributed by atoms with Crippen molar-refractivity contribution < 1.29 is 28.1 Å². The lowest BCUT2D eigenvalue weighted by atomic mass is 9.93. The van der Waals surface area contributed by atoms with Crippen LogP contribution in [0.4, 0.5) is 21.1 Å². The van der Waals surface area contributed by atoms with Gasteiger partial charge < -0.3 is 39.0 Å². The standard InChI is InChI=1S/C43H57N7O6/c1-5-29(28-48-19-9-10-20-48)35(55-42(53)50-23-17-33(18-24-50)49-21-7-6-8-22-49)15-12-31-11-14-34(44-31)40(51)37-26-30-25-32(13-16-36(30)54-37)45-41(52)46-39-27-38(56-47-39)43(2,3)4/h12-16,25-27,29,33,44H,5-11,17-24,28H2,1-4H3,(H2,45,46,47,52)/b31-12+,35-15+. The van der Waals surface area contributed by atoms with Crippen molar-refractivity contribution in [2.45, 2.75) is 96.9 Å². The van der Waals surface area contributed by atoms with Crippen LogP contribution in [0, 0.1) is 5.92 Å². The molecule has 0 saturated carbocycles. The number of nitrogens with one attached hydrogen (secondary N) is 3. The number of urea groups is 1. The summed E-state index contributed by atoms with van der Waals surface area (Å²) < 4.78 is 17.5. The minimum Gasteiger partial charge on any atom is -0.453 e. The normalized spacial score (nSPS) is 20.3. The topological polar surface area (TPSA) is 145 Å². The van der Waals surface area contributed by atoms with Gasteiger partial charge in [-0.1, -0.05) is 45.3 Å². The molecule has 6 heterocycles. The number of anilines is 2. The number of carbonyl (C=O) groups excluding carboxylic acids is 3. The summed E-state index contributed by atoms with van der Waals surface area (Å²) in [6.45, 7) is 14.9. The highest BCUT2D eigenvalue weighted by Crippen LogP contribution is 2.29. The number of allylic oxidation sites excluding steroid dienone is 4. The van der Waals surface area contributed by atoms with E-state index in [1.165, 1.54) is 45.2 Å². The van der Waals surface area contributed by atoms with Crippen LogP contribution in [0.15, 0.2) is 74.7 Å². The Bertz CT molecular complexity index is 1970. The number of hydrogen-bond acceptors (Lipinski definition) is 10. The smallest absolute Gasteiger partial charge is 0.414 e. The molecule has 3 amide bonds. The molecule has 0 radical (unpaired) electrons. The number of carbonyl (C=O) groups is 3. The monoisotopic (exact) mass is 767 g/mol. The van der Waals surface area contributed by atoms with E-state index in [0.29, 0.717) is 65.2 Å². The molecule has 0 bridgehead atoms. The van der Waals surface area contributed by atoms with Crippen molar-refractivity contribution in [2.24, 2.45) is 5.92 Å². The number of likely N-dealkylation sites (tertiary alicyclic amines) is 3. The van der Waals surface area contributed by atoms with Crippen LogP contribution in [0.5, 0.6) is 0 Å². The zero-order valence-electron chi connectivity index (χ0n) is 33.3.